The molecule has 0 unspecified atom stereocenters. The number of hydrogen-bond donors (Lipinski definition) is 2. The molecule has 0 aromatic heterocycles. The van der Waals surface area contributed by atoms with Crippen LogP contribution in [0.25, 0.3) is 0 Å². The molecule has 1 heterocycles. The van der Waals surface area contributed by atoms with Gasteiger partial charge in [-0.15, -0.1) is 0 Å². The number of ether oxygens (including phenoxy) is 2. The third kappa shape index (κ3) is 4.58. The number of morpholine rings is 1. The van der Waals surface area contributed by atoms with Crippen molar-refractivity contribution in [1.82, 2.24) is 5.32 Å². The van der Waals surface area contributed by atoms with Gasteiger partial charge in [-0.2, -0.15) is 0 Å². The number of amides is 2. The van der Waals surface area contributed by atoms with E-state index in [-0.39, 0.29) is 29.9 Å². The fraction of sp³-hybridized carbons (Fsp3) is 0.640. The minimum Gasteiger partial charge on any atom is -0.455 e. The van der Waals surface area contributed by atoms with Crippen molar-refractivity contribution in [3.63, 3.8) is 0 Å². The van der Waals surface area contributed by atoms with Gasteiger partial charge in [0.2, 0.25) is 5.91 Å². The molecule has 1 aliphatic heterocycles. The molecule has 1 aromatic carbocycles. The van der Waals surface area contributed by atoms with Crippen LogP contribution in [-0.4, -0.2) is 56.2 Å². The summed E-state index contributed by atoms with van der Waals surface area (Å²) in [5.41, 5.74) is 0.900. The number of nitrogens with zero attached hydrogens (tertiary/aromatic N) is 1. The van der Waals surface area contributed by atoms with Crippen molar-refractivity contribution in [1.29, 1.82) is 0 Å². The van der Waals surface area contributed by atoms with E-state index in [1.54, 1.807) is 6.92 Å². The van der Waals surface area contributed by atoms with E-state index in [1.807, 2.05) is 24.3 Å². The second-order valence-corrected chi connectivity index (χ2v) is 10.5. The summed E-state index contributed by atoms with van der Waals surface area (Å²) in [5, 5.41) is 5.97. The van der Waals surface area contributed by atoms with E-state index in [2.05, 4.69) is 15.5 Å². The Labute approximate surface area is 194 Å². The number of hydrogen-bond acceptors (Lipinski definition) is 6. The molecule has 0 spiro atoms. The summed E-state index contributed by atoms with van der Waals surface area (Å²) >= 11 is 0. The summed E-state index contributed by atoms with van der Waals surface area (Å²) in [5.74, 6) is 0.196. The normalized spacial score (nSPS) is 32.3. The Morgan fingerprint density at radius 1 is 1.06 bits per heavy atom. The summed E-state index contributed by atoms with van der Waals surface area (Å²) < 4.78 is 10.9. The van der Waals surface area contributed by atoms with Gasteiger partial charge in [0.05, 0.1) is 18.6 Å². The van der Waals surface area contributed by atoms with Gasteiger partial charge in [0.1, 0.15) is 0 Å². The van der Waals surface area contributed by atoms with Crippen LogP contribution in [0.4, 0.5) is 11.4 Å². The molecule has 1 aromatic rings. The van der Waals surface area contributed by atoms with E-state index < -0.39 is 5.41 Å². The zero-order valence-corrected chi connectivity index (χ0v) is 19.2. The first kappa shape index (κ1) is 22.2. The molecule has 4 saturated carbocycles. The quantitative estimate of drug-likeness (QED) is 0.640. The summed E-state index contributed by atoms with van der Waals surface area (Å²) in [6, 6.07) is 7.68. The third-order valence-electron chi connectivity index (χ3n) is 7.80. The van der Waals surface area contributed by atoms with E-state index in [0.29, 0.717) is 23.9 Å². The second-order valence-electron chi connectivity index (χ2n) is 10.5. The molecule has 5 aliphatic rings. The number of rotatable bonds is 6. The molecule has 1 saturated heterocycles. The van der Waals surface area contributed by atoms with Gasteiger partial charge in [-0.25, -0.2) is 0 Å². The summed E-state index contributed by atoms with van der Waals surface area (Å²) in [7, 11) is 0. The fourth-order valence-electron chi connectivity index (χ4n) is 7.08. The standard InChI is InChI=1S/C25H33N3O5/c1-17(29)27-25-13-18-10-19(14-25)12-24(11-18,16-25)23(31)33-15-22(30)26-20-2-4-21(5-3-20)28-6-8-32-9-7-28/h2-5,18-19H,6-16H2,1H3,(H,26,30)(H,27,29)/t18-,19-,24?,25?/m1/s1. The molecule has 2 amide bonds. The van der Waals surface area contributed by atoms with Crippen molar-refractivity contribution in [2.45, 2.75) is 51.0 Å². The Hall–Kier alpha value is -2.61. The lowest BCUT2D eigenvalue weighted by Gasteiger charge is -2.60. The van der Waals surface area contributed by atoms with Crippen molar-refractivity contribution in [3.05, 3.63) is 24.3 Å². The Kier molecular flexibility index (Phi) is 5.80. The molecule has 5 fully saturated rings. The average molecular weight is 456 g/mol. The van der Waals surface area contributed by atoms with Crippen molar-refractivity contribution in [3.8, 4) is 0 Å². The molecule has 4 aliphatic carbocycles. The highest BCUT2D eigenvalue weighted by molar-refractivity contribution is 5.93. The number of carbonyl (C=O) groups is 3. The van der Waals surface area contributed by atoms with Crippen molar-refractivity contribution < 1.29 is 23.9 Å². The van der Waals surface area contributed by atoms with Crippen LogP contribution in [0.3, 0.4) is 0 Å². The summed E-state index contributed by atoms with van der Waals surface area (Å²) in [6.45, 7) is 4.40. The lowest BCUT2D eigenvalue weighted by Crippen LogP contribution is -2.64. The van der Waals surface area contributed by atoms with Gasteiger partial charge in [-0.1, -0.05) is 0 Å². The topological polar surface area (TPSA) is 97.0 Å². The Bertz CT molecular complexity index is 910. The SMILES string of the molecule is CC(=O)NC12C[C@@H]3C[C@@H](C1)CC(C(=O)OCC(=O)Nc1ccc(N4CCOCC4)cc1)(C3)C2. The monoisotopic (exact) mass is 455 g/mol. The van der Waals surface area contributed by atoms with E-state index >= 15 is 0 Å². The highest BCUT2D eigenvalue weighted by Crippen LogP contribution is 2.62. The molecule has 8 heteroatoms. The van der Waals surface area contributed by atoms with Crippen LogP contribution in [0.2, 0.25) is 0 Å². The first-order valence-corrected chi connectivity index (χ1v) is 12.0. The van der Waals surface area contributed by atoms with Crippen LogP contribution in [-0.2, 0) is 23.9 Å². The largest absolute Gasteiger partial charge is 0.455 e. The minimum absolute atomic E-state index is 0.0421. The highest BCUT2D eigenvalue weighted by atomic mass is 16.5. The second kappa shape index (κ2) is 8.63. The average Bonchev–Trinajstić information content (AvgIpc) is 2.77. The molecule has 6 rings (SSSR count). The molecule has 33 heavy (non-hydrogen) atoms. The van der Waals surface area contributed by atoms with Crippen molar-refractivity contribution >= 4 is 29.2 Å². The zero-order chi connectivity index (χ0) is 23.1. The van der Waals surface area contributed by atoms with Crippen molar-refractivity contribution in [2.75, 3.05) is 43.1 Å². The number of carbonyl (C=O) groups excluding carboxylic acids is 3. The predicted molar refractivity (Wildman–Crippen MR) is 123 cm³/mol. The molecular formula is C25H33N3O5. The minimum atomic E-state index is -0.577. The molecule has 2 N–H and O–H groups in total. The molecule has 178 valence electrons. The van der Waals surface area contributed by atoms with Crippen molar-refractivity contribution in [2.24, 2.45) is 17.3 Å². The van der Waals surface area contributed by atoms with Gasteiger partial charge in [0.15, 0.2) is 6.61 Å². The lowest BCUT2D eigenvalue weighted by molar-refractivity contribution is -0.176. The molecule has 0 radical (unpaired) electrons. The maximum absolute atomic E-state index is 13.2. The zero-order valence-electron chi connectivity index (χ0n) is 19.2. The van der Waals surface area contributed by atoms with E-state index in [4.69, 9.17) is 9.47 Å². The van der Waals surface area contributed by atoms with Crippen LogP contribution in [0.5, 0.6) is 0 Å². The smallest absolute Gasteiger partial charge is 0.312 e. The van der Waals surface area contributed by atoms with E-state index in [9.17, 15) is 14.4 Å². The molecule has 2 atom stereocenters. The Balaban J connectivity index is 1.16. The number of nitrogens with one attached hydrogen (secondary N) is 2. The van der Waals surface area contributed by atoms with Crippen LogP contribution in [0.15, 0.2) is 24.3 Å². The Morgan fingerprint density at radius 3 is 2.36 bits per heavy atom. The van der Waals surface area contributed by atoms with Crippen LogP contribution < -0.4 is 15.5 Å². The van der Waals surface area contributed by atoms with Gasteiger partial charge >= 0.3 is 5.97 Å². The maximum atomic E-state index is 13.2. The van der Waals surface area contributed by atoms with Gasteiger partial charge in [-0.3, -0.25) is 14.4 Å². The van der Waals surface area contributed by atoms with Crippen LogP contribution >= 0.6 is 0 Å². The summed E-state index contributed by atoms with van der Waals surface area (Å²) in [4.78, 5) is 39.7. The van der Waals surface area contributed by atoms with E-state index in [0.717, 1.165) is 64.1 Å². The third-order valence-corrected chi connectivity index (χ3v) is 7.80. The highest BCUT2D eigenvalue weighted by Gasteiger charge is 2.61. The van der Waals surface area contributed by atoms with Gasteiger partial charge in [-0.05, 0) is 74.6 Å². The first-order chi connectivity index (χ1) is 15.8. The van der Waals surface area contributed by atoms with Crippen LogP contribution in [0, 0.1) is 17.3 Å². The number of benzene rings is 1. The van der Waals surface area contributed by atoms with Crippen LogP contribution in [0.1, 0.15) is 45.4 Å². The summed E-state index contributed by atoms with van der Waals surface area (Å²) in [6.07, 6.45) is 5.23. The number of anilines is 2. The maximum Gasteiger partial charge on any atom is 0.312 e. The molecule has 4 bridgehead atoms. The number of esters is 1. The molecule has 8 nitrogen and oxygen atoms in total. The van der Waals surface area contributed by atoms with E-state index in [1.165, 1.54) is 0 Å². The van der Waals surface area contributed by atoms with Gasteiger partial charge < -0.3 is 25.0 Å². The Morgan fingerprint density at radius 2 is 1.73 bits per heavy atom. The fourth-order valence-corrected chi connectivity index (χ4v) is 7.08. The van der Waals surface area contributed by atoms with Gasteiger partial charge in [0, 0.05) is 36.9 Å². The van der Waals surface area contributed by atoms with Gasteiger partial charge in [0.25, 0.3) is 5.91 Å². The first-order valence-electron chi connectivity index (χ1n) is 12.0. The molecular weight excluding hydrogens is 422 g/mol. The predicted octanol–water partition coefficient (Wildman–Crippen LogP) is 2.48. The lowest BCUT2D eigenvalue weighted by atomic mass is 9.47.